The molecule has 112 valence electrons. The second-order valence-electron chi connectivity index (χ2n) is 5.17. The van der Waals surface area contributed by atoms with E-state index in [1.165, 1.54) is 17.8 Å². The van der Waals surface area contributed by atoms with Crippen LogP contribution in [0, 0.1) is 5.41 Å². The average molecular weight is 299 g/mol. The van der Waals surface area contributed by atoms with E-state index in [0.29, 0.717) is 24.9 Å². The normalized spacial score (nSPS) is 16.5. The SMILES string of the molecule is COCc1csc(NC(=O)NCC2(COC)CCC2)n1. The van der Waals surface area contributed by atoms with Gasteiger partial charge in [-0.15, -0.1) is 11.3 Å². The van der Waals surface area contributed by atoms with Gasteiger partial charge in [-0.3, -0.25) is 5.32 Å². The number of anilines is 1. The van der Waals surface area contributed by atoms with Crippen molar-refractivity contribution in [1.82, 2.24) is 10.3 Å². The summed E-state index contributed by atoms with van der Waals surface area (Å²) in [6.07, 6.45) is 3.42. The van der Waals surface area contributed by atoms with E-state index in [2.05, 4.69) is 15.6 Å². The van der Waals surface area contributed by atoms with Crippen LogP contribution in [0.5, 0.6) is 0 Å². The van der Waals surface area contributed by atoms with Gasteiger partial charge in [0.2, 0.25) is 0 Å². The van der Waals surface area contributed by atoms with Crippen LogP contribution >= 0.6 is 11.3 Å². The molecule has 7 heteroatoms. The van der Waals surface area contributed by atoms with Gasteiger partial charge in [-0.25, -0.2) is 9.78 Å². The highest BCUT2D eigenvalue weighted by molar-refractivity contribution is 7.13. The minimum Gasteiger partial charge on any atom is -0.384 e. The Morgan fingerprint density at radius 3 is 2.85 bits per heavy atom. The van der Waals surface area contributed by atoms with E-state index >= 15 is 0 Å². The van der Waals surface area contributed by atoms with Crippen molar-refractivity contribution >= 4 is 22.5 Å². The van der Waals surface area contributed by atoms with Crippen LogP contribution in [0.2, 0.25) is 0 Å². The van der Waals surface area contributed by atoms with Crippen molar-refractivity contribution in [3.05, 3.63) is 11.1 Å². The first-order valence-electron chi connectivity index (χ1n) is 6.65. The summed E-state index contributed by atoms with van der Waals surface area (Å²) in [4.78, 5) is 16.1. The molecular weight excluding hydrogens is 278 g/mol. The Morgan fingerprint density at radius 2 is 2.25 bits per heavy atom. The predicted octanol–water partition coefficient (Wildman–Crippen LogP) is 2.23. The molecule has 0 radical (unpaired) electrons. The molecule has 20 heavy (non-hydrogen) atoms. The van der Waals surface area contributed by atoms with E-state index in [1.807, 2.05) is 5.38 Å². The minimum atomic E-state index is -0.217. The van der Waals surface area contributed by atoms with E-state index in [9.17, 15) is 4.79 Å². The van der Waals surface area contributed by atoms with Gasteiger partial charge in [0.25, 0.3) is 0 Å². The maximum Gasteiger partial charge on any atom is 0.321 e. The van der Waals surface area contributed by atoms with Crippen LogP contribution in [-0.4, -0.2) is 38.4 Å². The molecule has 1 aromatic rings. The van der Waals surface area contributed by atoms with Crippen LogP contribution in [-0.2, 0) is 16.1 Å². The first-order valence-corrected chi connectivity index (χ1v) is 7.52. The molecule has 0 bridgehead atoms. The highest BCUT2D eigenvalue weighted by Crippen LogP contribution is 2.40. The van der Waals surface area contributed by atoms with Crippen molar-refractivity contribution in [2.45, 2.75) is 25.9 Å². The molecule has 2 rings (SSSR count). The summed E-state index contributed by atoms with van der Waals surface area (Å²) >= 11 is 1.39. The second kappa shape index (κ2) is 7.01. The molecule has 1 aliphatic rings. The molecule has 2 amide bonds. The number of rotatable bonds is 7. The number of hydrogen-bond donors (Lipinski definition) is 2. The number of hydrogen-bond acceptors (Lipinski definition) is 5. The van der Waals surface area contributed by atoms with Gasteiger partial charge in [0.15, 0.2) is 5.13 Å². The van der Waals surface area contributed by atoms with Gasteiger partial charge in [-0.1, -0.05) is 6.42 Å². The monoisotopic (exact) mass is 299 g/mol. The zero-order chi connectivity index (χ0) is 14.4. The van der Waals surface area contributed by atoms with Gasteiger partial charge in [0, 0.05) is 31.6 Å². The Labute approximate surface area is 122 Å². The van der Waals surface area contributed by atoms with Crippen molar-refractivity contribution < 1.29 is 14.3 Å². The van der Waals surface area contributed by atoms with Crippen LogP contribution in [0.4, 0.5) is 9.93 Å². The highest BCUT2D eigenvalue weighted by atomic mass is 32.1. The van der Waals surface area contributed by atoms with Crippen LogP contribution in [0.3, 0.4) is 0 Å². The van der Waals surface area contributed by atoms with Gasteiger partial charge in [0.05, 0.1) is 18.9 Å². The Bertz CT molecular complexity index is 446. The standard InChI is InChI=1S/C13H21N3O3S/c1-18-6-10-7-20-12(15-10)16-11(17)14-8-13(9-19-2)4-3-5-13/h7H,3-6,8-9H2,1-2H3,(H2,14,15,16,17). The average Bonchev–Trinajstić information content (AvgIpc) is 2.80. The summed E-state index contributed by atoms with van der Waals surface area (Å²) in [5.74, 6) is 0. The predicted molar refractivity (Wildman–Crippen MR) is 78.0 cm³/mol. The summed E-state index contributed by atoms with van der Waals surface area (Å²) in [5, 5.41) is 8.11. The Hall–Kier alpha value is -1.18. The number of nitrogens with one attached hydrogen (secondary N) is 2. The lowest BCUT2D eigenvalue weighted by Gasteiger charge is -2.41. The van der Waals surface area contributed by atoms with Gasteiger partial charge < -0.3 is 14.8 Å². The van der Waals surface area contributed by atoms with Crippen LogP contribution in [0.1, 0.15) is 25.0 Å². The van der Waals surface area contributed by atoms with Gasteiger partial charge in [-0.2, -0.15) is 0 Å². The van der Waals surface area contributed by atoms with Crippen LogP contribution in [0.15, 0.2) is 5.38 Å². The number of aromatic nitrogens is 1. The lowest BCUT2D eigenvalue weighted by molar-refractivity contribution is 0.0203. The Morgan fingerprint density at radius 1 is 1.45 bits per heavy atom. The van der Waals surface area contributed by atoms with Crippen LogP contribution < -0.4 is 10.6 Å². The fourth-order valence-corrected chi connectivity index (χ4v) is 3.03. The Balaban J connectivity index is 1.77. The molecule has 1 aromatic heterocycles. The molecule has 1 aliphatic carbocycles. The molecule has 0 saturated heterocycles. The first-order chi connectivity index (χ1) is 9.67. The number of nitrogens with zero attached hydrogens (tertiary/aromatic N) is 1. The number of carbonyl (C=O) groups excluding carboxylic acids is 1. The maximum absolute atomic E-state index is 11.8. The third-order valence-electron chi connectivity index (χ3n) is 3.55. The van der Waals surface area contributed by atoms with E-state index < -0.39 is 0 Å². The zero-order valence-corrected chi connectivity index (χ0v) is 12.7. The van der Waals surface area contributed by atoms with Gasteiger partial charge in [-0.05, 0) is 12.8 Å². The second-order valence-corrected chi connectivity index (χ2v) is 6.03. The topological polar surface area (TPSA) is 72.5 Å². The van der Waals surface area contributed by atoms with Gasteiger partial charge >= 0.3 is 6.03 Å². The maximum atomic E-state index is 11.8. The molecule has 0 aromatic carbocycles. The Kier molecular flexibility index (Phi) is 5.33. The number of thiazole rings is 1. The number of amides is 2. The van der Waals surface area contributed by atoms with E-state index in [1.54, 1.807) is 14.2 Å². The number of ether oxygens (including phenoxy) is 2. The molecule has 0 atom stereocenters. The molecule has 0 unspecified atom stereocenters. The van der Waals surface area contributed by atoms with Gasteiger partial charge in [0.1, 0.15) is 0 Å². The summed E-state index contributed by atoms with van der Waals surface area (Å²) in [7, 11) is 3.32. The fraction of sp³-hybridized carbons (Fsp3) is 0.692. The number of urea groups is 1. The molecule has 0 spiro atoms. The molecule has 1 saturated carbocycles. The van der Waals surface area contributed by atoms with Crippen molar-refractivity contribution in [2.24, 2.45) is 5.41 Å². The summed E-state index contributed by atoms with van der Waals surface area (Å²) < 4.78 is 10.2. The quantitative estimate of drug-likeness (QED) is 0.810. The lowest BCUT2D eigenvalue weighted by Crippen LogP contribution is -2.46. The van der Waals surface area contributed by atoms with Crippen molar-refractivity contribution in [2.75, 3.05) is 32.7 Å². The van der Waals surface area contributed by atoms with Crippen molar-refractivity contribution in [3.63, 3.8) is 0 Å². The van der Waals surface area contributed by atoms with E-state index in [-0.39, 0.29) is 11.4 Å². The lowest BCUT2D eigenvalue weighted by atomic mass is 9.69. The minimum absolute atomic E-state index is 0.121. The molecular formula is C13H21N3O3S. The zero-order valence-electron chi connectivity index (χ0n) is 11.9. The summed E-state index contributed by atoms with van der Waals surface area (Å²) in [6, 6.07) is -0.217. The summed E-state index contributed by atoms with van der Waals surface area (Å²) in [6.45, 7) is 1.79. The molecule has 1 heterocycles. The molecule has 6 nitrogen and oxygen atoms in total. The number of methoxy groups -OCH3 is 2. The van der Waals surface area contributed by atoms with E-state index in [4.69, 9.17) is 9.47 Å². The van der Waals surface area contributed by atoms with Crippen molar-refractivity contribution in [3.8, 4) is 0 Å². The molecule has 2 N–H and O–H groups in total. The fourth-order valence-electron chi connectivity index (χ4n) is 2.34. The third-order valence-corrected chi connectivity index (χ3v) is 4.36. The smallest absolute Gasteiger partial charge is 0.321 e. The molecule has 1 fully saturated rings. The highest BCUT2D eigenvalue weighted by Gasteiger charge is 2.37. The first kappa shape index (κ1) is 15.2. The summed E-state index contributed by atoms with van der Waals surface area (Å²) in [5.41, 5.74) is 0.943. The number of carbonyl (C=O) groups is 1. The van der Waals surface area contributed by atoms with Crippen LogP contribution in [0.25, 0.3) is 0 Å². The van der Waals surface area contributed by atoms with Crippen molar-refractivity contribution in [1.29, 1.82) is 0 Å². The molecule has 0 aliphatic heterocycles. The third kappa shape index (κ3) is 3.91. The van der Waals surface area contributed by atoms with E-state index in [0.717, 1.165) is 18.5 Å². The largest absolute Gasteiger partial charge is 0.384 e.